The van der Waals surface area contributed by atoms with E-state index in [9.17, 15) is 4.39 Å². The van der Waals surface area contributed by atoms with E-state index in [0.29, 0.717) is 30.6 Å². The molecule has 1 fully saturated rings. The van der Waals surface area contributed by atoms with Crippen LogP contribution in [0.4, 0.5) is 15.9 Å². The summed E-state index contributed by atoms with van der Waals surface area (Å²) in [5.41, 5.74) is 3.84. The zero-order valence-electron chi connectivity index (χ0n) is 22.3. The van der Waals surface area contributed by atoms with Crippen LogP contribution >= 0.6 is 0 Å². The van der Waals surface area contributed by atoms with Gasteiger partial charge in [0.15, 0.2) is 0 Å². The van der Waals surface area contributed by atoms with Crippen LogP contribution in [-0.4, -0.2) is 43.4 Å². The largest absolute Gasteiger partial charge is 0.0683 e. The standard InChI is InChI=1S/C25H33FN4O.C2H6.CH3.Sb/c1-5-7-19(25(2,3)4)12-13-31-20-11-10-17(14-20)22-15-23(30-29-22)28-21-9-6-8-18(16-27)24(21)26;1-2;;/h5-7,9,12,15,17,20,27H,10-11,13-14,16H2,1-4H3,(H2,28,29,30);1-2H3;1H3;/q-1;;;+1/b7-5-,19-12+;;;. The van der Waals surface area contributed by atoms with Crippen LogP contribution in [0.15, 0.2) is 42.0 Å². The van der Waals surface area contributed by atoms with Crippen molar-refractivity contribution >= 4 is 35.5 Å². The van der Waals surface area contributed by atoms with Gasteiger partial charge in [0.25, 0.3) is 0 Å². The molecule has 2 aliphatic rings. The topological polar surface area (TPSA) is 62.0 Å². The fourth-order valence-corrected chi connectivity index (χ4v) is 8.80. The van der Waals surface area contributed by atoms with Gasteiger partial charge in [-0.25, -0.2) is 0 Å². The van der Waals surface area contributed by atoms with Crippen molar-refractivity contribution in [3.05, 3.63) is 59.1 Å². The van der Waals surface area contributed by atoms with Crippen LogP contribution in [0.1, 0.15) is 78.0 Å². The van der Waals surface area contributed by atoms with E-state index in [0.717, 1.165) is 30.5 Å². The number of hydrogen-bond donors (Lipinski definition) is 3. The van der Waals surface area contributed by atoms with E-state index < -0.39 is 20.5 Å². The average molecular weight is 591 g/mol. The third-order valence-corrected chi connectivity index (χ3v) is 11.7. The first-order valence-electron chi connectivity index (χ1n) is 12.8. The monoisotopic (exact) mass is 590 g/mol. The molecule has 0 bridgehead atoms. The number of nitrogens with zero attached hydrogens (tertiary/aromatic N) is 1. The Bertz CT molecular complexity index is 1040. The summed E-state index contributed by atoms with van der Waals surface area (Å²) in [5, 5.41) is 10.7. The van der Waals surface area contributed by atoms with Gasteiger partial charge in [-0.15, -0.1) is 0 Å². The number of rotatable bonds is 7. The molecule has 3 N–H and O–H groups in total. The van der Waals surface area contributed by atoms with Crippen LogP contribution in [0.2, 0.25) is 4.87 Å². The maximum absolute atomic E-state index is 15.0. The molecule has 0 amide bonds. The maximum atomic E-state index is 15.0. The molecule has 1 aromatic heterocycles. The Labute approximate surface area is 218 Å². The van der Waals surface area contributed by atoms with E-state index in [4.69, 9.17) is 4.74 Å². The molecular weight excluding hydrogens is 549 g/mol. The Kier molecular flexibility index (Phi) is 10.0. The quantitative estimate of drug-likeness (QED) is 0.256. The Morgan fingerprint density at radius 1 is 1.29 bits per heavy atom. The smallest absolute Gasteiger partial charge is 0.0134 e. The van der Waals surface area contributed by atoms with Gasteiger partial charge in [-0.05, 0) is 17.9 Å². The summed E-state index contributed by atoms with van der Waals surface area (Å²) < 4.78 is 25.8. The first-order chi connectivity index (χ1) is 16.8. The predicted molar refractivity (Wildman–Crippen MR) is 146 cm³/mol. The van der Waals surface area contributed by atoms with E-state index in [1.165, 1.54) is 9.08 Å². The van der Waals surface area contributed by atoms with E-state index in [1.54, 1.807) is 0 Å². The average Bonchev–Trinajstić information content (AvgIpc) is 3.56. The van der Waals surface area contributed by atoms with Gasteiger partial charge >= 0.3 is 142 Å². The first kappa shape index (κ1) is 28.0. The molecule has 1 aliphatic carbocycles. The summed E-state index contributed by atoms with van der Waals surface area (Å²) in [7, 11) is 0. The van der Waals surface area contributed by atoms with Gasteiger partial charge in [0.2, 0.25) is 0 Å². The summed E-state index contributed by atoms with van der Waals surface area (Å²) in [6.07, 6.45) is 9.81. The summed E-state index contributed by atoms with van der Waals surface area (Å²) in [4.78, 5) is 2.24. The number of aromatic amines is 1. The fourth-order valence-electron chi connectivity index (χ4n) is 4.67. The molecule has 2 unspecified atom stereocenters. The number of H-pyrrole nitrogens is 1. The van der Waals surface area contributed by atoms with Crippen LogP contribution in [0.3, 0.4) is 0 Å². The van der Waals surface area contributed by atoms with Crippen LogP contribution in [0.25, 0.3) is 0 Å². The molecule has 0 saturated heterocycles. The molecule has 2 heterocycles. The number of aromatic nitrogens is 2. The molecule has 5 nitrogen and oxygen atoms in total. The molecule has 0 radical (unpaired) electrons. The van der Waals surface area contributed by atoms with Crippen molar-refractivity contribution in [2.75, 3.05) is 11.9 Å². The van der Waals surface area contributed by atoms with E-state index in [2.05, 4.69) is 68.9 Å². The SMILES string of the molecule is C/C=C\C(=C/COC1CCC(c2cc(Nc3cc[c]4c(c3F)C[NH][Sb]4[CH3])n[nH]2)C1)C(C)(C)C.CC. The molecule has 2 atom stereocenters. The summed E-state index contributed by atoms with van der Waals surface area (Å²) in [5.74, 6) is 0.910. The van der Waals surface area contributed by atoms with Crippen molar-refractivity contribution in [3.63, 3.8) is 0 Å². The number of benzene rings is 1. The minimum Gasteiger partial charge on any atom is -0.0683 e. The minimum absolute atomic E-state index is 0.114. The number of fused-ring (bicyclic) bond motifs is 1. The fraction of sp³-hybridized carbons (Fsp3) is 0.536. The molecule has 0 spiro atoms. The van der Waals surface area contributed by atoms with Crippen LogP contribution in [0.5, 0.6) is 0 Å². The predicted octanol–water partition coefficient (Wildman–Crippen LogP) is 6.45. The zero-order valence-corrected chi connectivity index (χ0v) is 24.9. The van der Waals surface area contributed by atoms with Gasteiger partial charge in [-0.1, -0.05) is 52.8 Å². The van der Waals surface area contributed by atoms with Crippen molar-refractivity contribution in [2.45, 2.75) is 84.2 Å². The van der Waals surface area contributed by atoms with Gasteiger partial charge in [0, 0.05) is 0 Å². The molecule has 2 aromatic rings. The van der Waals surface area contributed by atoms with Crippen molar-refractivity contribution in [2.24, 2.45) is 5.41 Å². The van der Waals surface area contributed by atoms with Crippen LogP contribution in [0, 0.1) is 11.2 Å². The van der Waals surface area contributed by atoms with Gasteiger partial charge in [0.1, 0.15) is 0 Å². The van der Waals surface area contributed by atoms with Gasteiger partial charge < -0.3 is 0 Å². The van der Waals surface area contributed by atoms with Crippen molar-refractivity contribution in [1.29, 1.82) is 0 Å². The van der Waals surface area contributed by atoms with Crippen molar-refractivity contribution in [3.8, 4) is 0 Å². The molecule has 4 rings (SSSR count). The maximum Gasteiger partial charge on any atom is -0.0134 e. The van der Waals surface area contributed by atoms with Gasteiger partial charge in [-0.3, -0.25) is 0 Å². The van der Waals surface area contributed by atoms with Crippen molar-refractivity contribution < 1.29 is 9.13 Å². The summed E-state index contributed by atoms with van der Waals surface area (Å²) in [6.45, 7) is 14.0. The Morgan fingerprint density at radius 3 is 2.77 bits per heavy atom. The first-order valence-corrected chi connectivity index (χ1v) is 17.9. The third kappa shape index (κ3) is 6.99. The minimum atomic E-state index is -1.62. The normalized spacial score (nSPS) is 20.7. The number of nitrogens with one attached hydrogen (secondary N) is 3. The summed E-state index contributed by atoms with van der Waals surface area (Å²) >= 11 is -1.62. The molecule has 1 aliphatic heterocycles. The number of anilines is 2. The number of halogens is 1. The van der Waals surface area contributed by atoms with Gasteiger partial charge in [0.05, 0.1) is 6.61 Å². The molecule has 1 saturated carbocycles. The van der Waals surface area contributed by atoms with E-state index >= 15 is 0 Å². The molecule has 192 valence electrons. The Morgan fingerprint density at radius 2 is 2.06 bits per heavy atom. The molecule has 1 aromatic carbocycles. The third-order valence-electron chi connectivity index (χ3n) is 6.61. The Hall–Kier alpha value is -1.62. The molecular formula is C28H42FN4OSb. The number of hydrogen-bond acceptors (Lipinski definition) is 4. The van der Waals surface area contributed by atoms with Crippen LogP contribution < -0.4 is 12.3 Å². The number of allylic oxidation sites excluding steroid dienone is 3. The van der Waals surface area contributed by atoms with Gasteiger partial charge in [-0.2, -0.15) is 0 Å². The van der Waals surface area contributed by atoms with E-state index in [-0.39, 0.29) is 17.3 Å². The van der Waals surface area contributed by atoms with E-state index in [1.807, 2.05) is 32.9 Å². The second kappa shape index (κ2) is 12.6. The van der Waals surface area contributed by atoms with Crippen molar-refractivity contribution in [1.82, 2.24) is 13.7 Å². The molecule has 7 heteroatoms. The van der Waals surface area contributed by atoms with Crippen LogP contribution in [-0.2, 0) is 11.3 Å². The molecule has 35 heavy (non-hydrogen) atoms. The zero-order chi connectivity index (χ0) is 25.6. The summed E-state index contributed by atoms with van der Waals surface area (Å²) in [6, 6.07) is 5.94. The second-order valence-electron chi connectivity index (χ2n) is 10.0. The Balaban J connectivity index is 0.00000167. The number of ether oxygens (including phenoxy) is 1. The second-order valence-corrected chi connectivity index (χ2v) is 15.5.